The van der Waals surface area contributed by atoms with E-state index in [4.69, 9.17) is 27.2 Å². The van der Waals surface area contributed by atoms with E-state index in [0.717, 1.165) is 0 Å². The largest absolute Gasteiger partial charge is 0.441 e. The van der Waals surface area contributed by atoms with Gasteiger partial charge in [0.05, 0.1) is 0 Å². The quantitative estimate of drug-likeness (QED) is 0.833. The topological polar surface area (TPSA) is 72.6 Å². The van der Waals surface area contributed by atoms with Gasteiger partial charge in [-0.2, -0.15) is 0 Å². The fourth-order valence-corrected chi connectivity index (χ4v) is 1.69. The zero-order valence-electron chi connectivity index (χ0n) is 8.73. The van der Waals surface area contributed by atoms with Crippen LogP contribution in [-0.4, -0.2) is 17.8 Å². The molecule has 0 aliphatic heterocycles. The average Bonchev–Trinajstić information content (AvgIpc) is 2.24. The molecule has 16 heavy (non-hydrogen) atoms. The van der Waals surface area contributed by atoms with Crippen molar-refractivity contribution >= 4 is 17.7 Å². The van der Waals surface area contributed by atoms with E-state index in [9.17, 15) is 4.79 Å². The normalized spacial score (nSPS) is 12.1. The van der Waals surface area contributed by atoms with Gasteiger partial charge in [0.1, 0.15) is 6.10 Å². The van der Waals surface area contributed by atoms with Crippen LogP contribution >= 0.6 is 11.6 Å². The van der Waals surface area contributed by atoms with E-state index in [2.05, 4.69) is 0 Å². The first-order chi connectivity index (χ1) is 7.65. The molecule has 0 fully saturated rings. The van der Waals surface area contributed by atoms with Crippen LogP contribution in [0.1, 0.15) is 24.5 Å². The van der Waals surface area contributed by atoms with Gasteiger partial charge < -0.3 is 15.6 Å². The molecule has 0 saturated heterocycles. The molecular formula is C11H14ClNO3. The van der Waals surface area contributed by atoms with Crippen LogP contribution in [0.3, 0.4) is 0 Å². The van der Waals surface area contributed by atoms with E-state index in [1.807, 2.05) is 0 Å². The number of aliphatic hydroxyl groups is 1. The zero-order chi connectivity index (χ0) is 12.0. The van der Waals surface area contributed by atoms with Crippen LogP contribution < -0.4 is 5.73 Å². The van der Waals surface area contributed by atoms with Crippen molar-refractivity contribution in [3.05, 3.63) is 34.9 Å². The standard InChI is InChI=1S/C11H14ClNO3/c12-9-5-2-1-4-8(9)10(6-3-7-14)16-11(13)15/h1-2,4-5,10,14H,3,6-7H2,(H2,13,15)/t10-/m1/s1. The molecule has 1 amide bonds. The van der Waals surface area contributed by atoms with Gasteiger partial charge in [-0.25, -0.2) is 4.79 Å². The van der Waals surface area contributed by atoms with Crippen LogP contribution in [-0.2, 0) is 4.74 Å². The fraction of sp³-hybridized carbons (Fsp3) is 0.364. The van der Waals surface area contributed by atoms with E-state index in [-0.39, 0.29) is 6.61 Å². The SMILES string of the molecule is NC(=O)O[C@H](CCCO)c1ccccc1Cl. The van der Waals surface area contributed by atoms with Crippen molar-refractivity contribution < 1.29 is 14.6 Å². The van der Waals surface area contributed by atoms with Gasteiger partial charge in [0.25, 0.3) is 0 Å². The summed E-state index contributed by atoms with van der Waals surface area (Å²) in [5.74, 6) is 0. The number of benzene rings is 1. The molecule has 88 valence electrons. The third kappa shape index (κ3) is 3.72. The van der Waals surface area contributed by atoms with Crippen LogP contribution in [0.25, 0.3) is 0 Å². The van der Waals surface area contributed by atoms with Crippen molar-refractivity contribution in [2.45, 2.75) is 18.9 Å². The summed E-state index contributed by atoms with van der Waals surface area (Å²) in [5.41, 5.74) is 5.69. The molecule has 0 aromatic heterocycles. The third-order valence-electron chi connectivity index (χ3n) is 2.13. The van der Waals surface area contributed by atoms with E-state index in [0.29, 0.717) is 23.4 Å². The van der Waals surface area contributed by atoms with Crippen molar-refractivity contribution in [2.75, 3.05) is 6.61 Å². The predicted molar refractivity (Wildman–Crippen MR) is 61.2 cm³/mol. The van der Waals surface area contributed by atoms with Gasteiger partial charge in [-0.15, -0.1) is 0 Å². The van der Waals surface area contributed by atoms with Gasteiger partial charge in [0.2, 0.25) is 0 Å². The van der Waals surface area contributed by atoms with Gasteiger partial charge in [-0.3, -0.25) is 0 Å². The molecule has 0 heterocycles. The highest BCUT2D eigenvalue weighted by molar-refractivity contribution is 6.31. The minimum atomic E-state index is -0.845. The third-order valence-corrected chi connectivity index (χ3v) is 2.48. The first-order valence-corrected chi connectivity index (χ1v) is 5.34. The molecule has 3 N–H and O–H groups in total. The van der Waals surface area contributed by atoms with Gasteiger partial charge in [0, 0.05) is 17.2 Å². The zero-order valence-corrected chi connectivity index (χ0v) is 9.48. The van der Waals surface area contributed by atoms with Crippen molar-refractivity contribution in [1.82, 2.24) is 0 Å². The number of nitrogens with two attached hydrogens (primary N) is 1. The molecule has 1 aromatic carbocycles. The van der Waals surface area contributed by atoms with E-state index in [1.54, 1.807) is 24.3 Å². The summed E-state index contributed by atoms with van der Waals surface area (Å²) in [6.07, 6.45) is -0.340. The first kappa shape index (κ1) is 12.8. The predicted octanol–water partition coefficient (Wildman–Crippen LogP) is 2.25. The van der Waals surface area contributed by atoms with Gasteiger partial charge in [0.15, 0.2) is 0 Å². The second kappa shape index (κ2) is 6.35. The van der Waals surface area contributed by atoms with Crippen LogP contribution in [0.2, 0.25) is 5.02 Å². The lowest BCUT2D eigenvalue weighted by Crippen LogP contribution is -2.18. The Morgan fingerprint density at radius 2 is 2.19 bits per heavy atom. The fourth-order valence-electron chi connectivity index (χ4n) is 1.43. The average molecular weight is 244 g/mol. The monoisotopic (exact) mass is 243 g/mol. The highest BCUT2D eigenvalue weighted by Gasteiger charge is 2.17. The number of hydrogen-bond donors (Lipinski definition) is 2. The number of amides is 1. The number of hydrogen-bond acceptors (Lipinski definition) is 3. The molecule has 0 radical (unpaired) electrons. The Kier molecular flexibility index (Phi) is 5.08. The number of rotatable bonds is 5. The molecule has 1 atom stereocenters. The highest BCUT2D eigenvalue weighted by atomic mass is 35.5. The molecule has 0 saturated carbocycles. The summed E-state index contributed by atoms with van der Waals surface area (Å²) in [6.45, 7) is 0.0308. The van der Waals surface area contributed by atoms with Gasteiger partial charge in [-0.05, 0) is 18.9 Å². The van der Waals surface area contributed by atoms with E-state index >= 15 is 0 Å². The summed E-state index contributed by atoms with van der Waals surface area (Å²) in [5, 5.41) is 9.28. The lowest BCUT2D eigenvalue weighted by molar-refractivity contribution is 0.0956. The van der Waals surface area contributed by atoms with Crippen LogP contribution in [0, 0.1) is 0 Å². The Labute approximate surface area is 99.0 Å². The maximum atomic E-state index is 10.8. The van der Waals surface area contributed by atoms with E-state index < -0.39 is 12.2 Å². The number of primary amides is 1. The summed E-state index contributed by atoms with van der Waals surface area (Å²) >= 11 is 5.99. The second-order valence-electron chi connectivity index (χ2n) is 3.31. The lowest BCUT2D eigenvalue weighted by atomic mass is 10.0. The number of aliphatic hydroxyl groups excluding tert-OH is 1. The Morgan fingerprint density at radius 3 is 2.75 bits per heavy atom. The Morgan fingerprint density at radius 1 is 1.50 bits per heavy atom. The number of carbonyl (C=O) groups excluding carboxylic acids is 1. The van der Waals surface area contributed by atoms with E-state index in [1.165, 1.54) is 0 Å². The molecule has 1 aromatic rings. The molecule has 0 aliphatic rings. The molecular weight excluding hydrogens is 230 g/mol. The van der Waals surface area contributed by atoms with Crippen LogP contribution in [0.4, 0.5) is 4.79 Å². The molecule has 4 nitrogen and oxygen atoms in total. The summed E-state index contributed by atoms with van der Waals surface area (Å²) < 4.78 is 4.96. The van der Waals surface area contributed by atoms with Crippen molar-refractivity contribution in [1.29, 1.82) is 0 Å². The molecule has 0 unspecified atom stereocenters. The first-order valence-electron chi connectivity index (χ1n) is 4.96. The molecule has 5 heteroatoms. The Hall–Kier alpha value is -1.26. The van der Waals surface area contributed by atoms with Crippen molar-refractivity contribution in [2.24, 2.45) is 5.73 Å². The van der Waals surface area contributed by atoms with Crippen LogP contribution in [0.5, 0.6) is 0 Å². The minimum absolute atomic E-state index is 0.0308. The Balaban J connectivity index is 2.82. The summed E-state index contributed by atoms with van der Waals surface area (Å²) in [4.78, 5) is 10.8. The summed E-state index contributed by atoms with van der Waals surface area (Å²) in [7, 11) is 0. The maximum absolute atomic E-state index is 10.8. The number of ether oxygens (including phenoxy) is 1. The number of halogens is 1. The van der Waals surface area contributed by atoms with Crippen molar-refractivity contribution in [3.63, 3.8) is 0 Å². The lowest BCUT2D eigenvalue weighted by Gasteiger charge is -2.17. The molecule has 0 spiro atoms. The molecule has 0 bridgehead atoms. The maximum Gasteiger partial charge on any atom is 0.405 e. The van der Waals surface area contributed by atoms with Crippen molar-refractivity contribution in [3.8, 4) is 0 Å². The Bertz CT molecular complexity index is 357. The van der Waals surface area contributed by atoms with Gasteiger partial charge in [-0.1, -0.05) is 29.8 Å². The molecule has 0 aliphatic carbocycles. The van der Waals surface area contributed by atoms with Crippen LogP contribution in [0.15, 0.2) is 24.3 Å². The minimum Gasteiger partial charge on any atom is -0.441 e. The van der Waals surface area contributed by atoms with Gasteiger partial charge >= 0.3 is 6.09 Å². The number of carbonyl (C=O) groups is 1. The molecule has 1 rings (SSSR count). The smallest absolute Gasteiger partial charge is 0.405 e. The summed E-state index contributed by atoms with van der Waals surface area (Å²) in [6, 6.07) is 7.08. The second-order valence-corrected chi connectivity index (χ2v) is 3.72. The highest BCUT2D eigenvalue weighted by Crippen LogP contribution is 2.28.